The molecule has 0 aromatic carbocycles. The van der Waals surface area contributed by atoms with Gasteiger partial charge in [-0.05, 0) is 19.8 Å². The van der Waals surface area contributed by atoms with E-state index in [2.05, 4.69) is 27.4 Å². The molecule has 8 nitrogen and oxygen atoms in total. The van der Waals surface area contributed by atoms with Crippen LogP contribution >= 0.6 is 0 Å². The SMILES string of the molecule is C=CCOC(=O)C(OCCCCC(F)(F)C(F)(F)S(=O)(=O)O)(OC(=O)C(=C)C)C(F)(F)F. The maximum atomic E-state index is 13.6. The number of rotatable bonds is 13. The molecule has 0 aromatic heterocycles. The van der Waals surface area contributed by atoms with Crippen LogP contribution in [0, 0.1) is 0 Å². The molecule has 0 saturated carbocycles. The second-order valence-electron chi connectivity index (χ2n) is 6.17. The number of hydrogen-bond donors (Lipinski definition) is 1. The minimum atomic E-state index is -6.49. The fourth-order valence-corrected chi connectivity index (χ4v) is 2.31. The van der Waals surface area contributed by atoms with Crippen molar-refractivity contribution in [2.24, 2.45) is 0 Å². The van der Waals surface area contributed by atoms with Crippen molar-refractivity contribution in [1.82, 2.24) is 0 Å². The van der Waals surface area contributed by atoms with Gasteiger partial charge in [0.1, 0.15) is 6.61 Å². The Balaban J connectivity index is 5.51. The summed E-state index contributed by atoms with van der Waals surface area (Å²) in [5.41, 5.74) is -0.578. The van der Waals surface area contributed by atoms with Gasteiger partial charge in [-0.2, -0.15) is 39.2 Å². The van der Waals surface area contributed by atoms with Crippen LogP contribution in [0.2, 0.25) is 0 Å². The summed E-state index contributed by atoms with van der Waals surface area (Å²) in [6.45, 7) is 5.06. The molecule has 0 rings (SSSR count). The second kappa shape index (κ2) is 10.6. The van der Waals surface area contributed by atoms with Gasteiger partial charge in [-0.1, -0.05) is 19.2 Å². The highest BCUT2D eigenvalue weighted by atomic mass is 32.2. The van der Waals surface area contributed by atoms with E-state index in [0.717, 1.165) is 13.0 Å². The van der Waals surface area contributed by atoms with Crippen LogP contribution in [0.1, 0.15) is 26.2 Å². The normalized spacial score (nSPS) is 14.9. The monoisotopic (exact) mass is 504 g/mol. The van der Waals surface area contributed by atoms with Crippen LogP contribution in [0.25, 0.3) is 0 Å². The van der Waals surface area contributed by atoms with E-state index >= 15 is 0 Å². The van der Waals surface area contributed by atoms with E-state index in [4.69, 9.17) is 4.55 Å². The third kappa shape index (κ3) is 6.90. The quantitative estimate of drug-likeness (QED) is 0.0772. The zero-order valence-electron chi connectivity index (χ0n) is 16.4. The van der Waals surface area contributed by atoms with Crippen LogP contribution in [0.15, 0.2) is 24.8 Å². The Morgan fingerprint density at radius 1 is 1.06 bits per heavy atom. The van der Waals surface area contributed by atoms with Gasteiger partial charge in [0.05, 0.1) is 6.61 Å². The van der Waals surface area contributed by atoms with E-state index in [9.17, 15) is 48.7 Å². The molecule has 1 unspecified atom stereocenters. The molecule has 32 heavy (non-hydrogen) atoms. The number of unbranched alkanes of at least 4 members (excludes halogenated alkanes) is 1. The van der Waals surface area contributed by atoms with Crippen LogP contribution in [-0.2, 0) is 33.9 Å². The smallest absolute Gasteiger partial charge is 0.456 e. The van der Waals surface area contributed by atoms with Crippen molar-refractivity contribution < 1.29 is 67.5 Å². The first-order chi connectivity index (χ1) is 14.3. The average molecular weight is 504 g/mol. The average Bonchev–Trinajstić information content (AvgIpc) is 2.62. The van der Waals surface area contributed by atoms with Crippen molar-refractivity contribution >= 4 is 22.1 Å². The number of carbonyl (C=O) groups is 2. The molecule has 0 fully saturated rings. The molecule has 0 aliphatic rings. The number of halogens is 7. The van der Waals surface area contributed by atoms with Gasteiger partial charge < -0.3 is 14.2 Å². The van der Waals surface area contributed by atoms with Crippen molar-refractivity contribution in [1.29, 1.82) is 0 Å². The molecule has 186 valence electrons. The Hall–Kier alpha value is -2.20. The van der Waals surface area contributed by atoms with Gasteiger partial charge in [0.15, 0.2) is 0 Å². The maximum Gasteiger partial charge on any atom is 0.468 e. The molecule has 0 heterocycles. The van der Waals surface area contributed by atoms with Gasteiger partial charge in [-0.25, -0.2) is 9.59 Å². The van der Waals surface area contributed by atoms with E-state index in [1.54, 1.807) is 0 Å². The van der Waals surface area contributed by atoms with E-state index in [0.29, 0.717) is 0 Å². The Morgan fingerprint density at radius 2 is 1.59 bits per heavy atom. The molecule has 0 amide bonds. The molecule has 0 aromatic rings. The number of ether oxygens (including phenoxy) is 3. The maximum absolute atomic E-state index is 13.6. The van der Waals surface area contributed by atoms with Gasteiger partial charge >= 0.3 is 45.2 Å². The summed E-state index contributed by atoms with van der Waals surface area (Å²) < 4.78 is 135. The number of alkyl halides is 7. The standard InChI is InChI=1S/C16H19F7O8S/c1-4-8-29-12(25)14(15(19,20)21,31-11(24)10(2)3)30-9-6-5-7-13(17,18)16(22,23)32(26,27)28/h4H,1-2,5-9H2,3H3,(H,26,27,28). The van der Waals surface area contributed by atoms with Gasteiger partial charge in [-0.3, -0.25) is 4.55 Å². The molecule has 0 aliphatic carbocycles. The molecule has 1 atom stereocenters. The second-order valence-corrected chi connectivity index (χ2v) is 7.64. The third-order valence-corrected chi connectivity index (χ3v) is 4.45. The minimum absolute atomic E-state index is 0.578. The highest BCUT2D eigenvalue weighted by molar-refractivity contribution is 7.87. The summed E-state index contributed by atoms with van der Waals surface area (Å²) in [6.07, 6.45) is -8.68. The molecule has 0 radical (unpaired) electrons. The van der Waals surface area contributed by atoms with E-state index in [1.807, 2.05) is 0 Å². The number of carbonyl (C=O) groups excluding carboxylic acids is 2. The molecule has 16 heteroatoms. The van der Waals surface area contributed by atoms with Crippen molar-refractivity contribution in [2.75, 3.05) is 13.2 Å². The first-order valence-electron chi connectivity index (χ1n) is 8.37. The molecular weight excluding hydrogens is 485 g/mol. The summed E-state index contributed by atoms with van der Waals surface area (Å²) in [5.74, 6) is -13.6. The lowest BCUT2D eigenvalue weighted by molar-refractivity contribution is -0.354. The molecule has 0 bridgehead atoms. The lowest BCUT2D eigenvalue weighted by Gasteiger charge is -2.32. The first kappa shape index (κ1) is 29.8. The highest BCUT2D eigenvalue weighted by Crippen LogP contribution is 2.42. The fraction of sp³-hybridized carbons (Fsp3) is 0.625. The van der Waals surface area contributed by atoms with E-state index in [-0.39, 0.29) is 0 Å². The molecule has 0 spiro atoms. The Labute approximate surface area is 177 Å². The van der Waals surface area contributed by atoms with Gasteiger partial charge in [0.2, 0.25) is 0 Å². The summed E-state index contributed by atoms with van der Waals surface area (Å²) in [7, 11) is -6.49. The molecule has 0 aliphatic heterocycles. The van der Waals surface area contributed by atoms with Crippen LogP contribution in [-0.4, -0.2) is 61.3 Å². The summed E-state index contributed by atoms with van der Waals surface area (Å²) in [6, 6.07) is 0. The van der Waals surface area contributed by atoms with Crippen LogP contribution in [0.4, 0.5) is 30.7 Å². The predicted molar refractivity (Wildman–Crippen MR) is 92.1 cm³/mol. The van der Waals surface area contributed by atoms with Crippen LogP contribution < -0.4 is 0 Å². The largest absolute Gasteiger partial charge is 0.468 e. The van der Waals surface area contributed by atoms with Crippen LogP contribution in [0.3, 0.4) is 0 Å². The predicted octanol–water partition coefficient (Wildman–Crippen LogP) is 3.40. The molecular formula is C16H19F7O8S. The lowest BCUT2D eigenvalue weighted by atomic mass is 10.1. The topological polar surface area (TPSA) is 116 Å². The zero-order chi connectivity index (χ0) is 25.6. The highest BCUT2D eigenvalue weighted by Gasteiger charge is 2.68. The van der Waals surface area contributed by atoms with Crippen molar-refractivity contribution in [3.8, 4) is 0 Å². The van der Waals surface area contributed by atoms with Crippen molar-refractivity contribution in [2.45, 2.75) is 49.3 Å². The summed E-state index contributed by atoms with van der Waals surface area (Å²) in [4.78, 5) is 23.6. The number of esters is 2. The summed E-state index contributed by atoms with van der Waals surface area (Å²) >= 11 is 0. The van der Waals surface area contributed by atoms with Gasteiger partial charge in [0.25, 0.3) is 0 Å². The van der Waals surface area contributed by atoms with Crippen LogP contribution in [0.5, 0.6) is 0 Å². The van der Waals surface area contributed by atoms with Gasteiger partial charge in [0, 0.05) is 12.0 Å². The number of hydrogen-bond acceptors (Lipinski definition) is 7. The van der Waals surface area contributed by atoms with E-state index < -0.39 is 83.2 Å². The molecule has 0 saturated heterocycles. The zero-order valence-corrected chi connectivity index (χ0v) is 17.2. The minimum Gasteiger partial charge on any atom is -0.456 e. The first-order valence-corrected chi connectivity index (χ1v) is 9.81. The van der Waals surface area contributed by atoms with Gasteiger partial charge in [-0.15, -0.1) is 0 Å². The van der Waals surface area contributed by atoms with Crippen molar-refractivity contribution in [3.63, 3.8) is 0 Å². The Kier molecular flexibility index (Phi) is 9.88. The van der Waals surface area contributed by atoms with Crippen molar-refractivity contribution in [3.05, 3.63) is 24.8 Å². The Bertz CT molecular complexity index is 823. The lowest BCUT2D eigenvalue weighted by Crippen LogP contribution is -2.58. The molecule has 1 N–H and O–H groups in total. The fourth-order valence-electron chi connectivity index (χ4n) is 1.83. The van der Waals surface area contributed by atoms with E-state index in [1.165, 1.54) is 0 Å². The Morgan fingerprint density at radius 3 is 2.00 bits per heavy atom. The summed E-state index contributed by atoms with van der Waals surface area (Å²) in [5, 5.41) is -5.86. The third-order valence-electron chi connectivity index (χ3n) is 3.50.